The van der Waals surface area contributed by atoms with Crippen LogP contribution < -0.4 is 15.4 Å². The standard InChI is InChI=1S/C23H19N3O3/c1-15-5-10-19-20(12-15)21(23(28)26-22(19)27)13-25-16-6-8-18(9-7-16)29-14-17-4-2-3-11-24-17/h2-13,25H,14H2,1H3,(H,26,27,28)/b21-13-. The molecular formula is C23H19N3O3. The SMILES string of the molecule is Cc1ccc2c(c1)/C(=C/Nc1ccc(OCc3ccccn3)cc1)C(=O)NC2=O. The van der Waals surface area contributed by atoms with Crippen molar-refractivity contribution in [2.75, 3.05) is 5.32 Å². The number of imide groups is 1. The van der Waals surface area contributed by atoms with Gasteiger partial charge < -0.3 is 10.1 Å². The Morgan fingerprint density at radius 3 is 2.59 bits per heavy atom. The van der Waals surface area contributed by atoms with Crippen LogP contribution >= 0.6 is 0 Å². The van der Waals surface area contributed by atoms with Gasteiger partial charge in [-0.25, -0.2) is 0 Å². The van der Waals surface area contributed by atoms with Crippen LogP contribution in [0.2, 0.25) is 0 Å². The van der Waals surface area contributed by atoms with Crippen LogP contribution in [0.25, 0.3) is 5.57 Å². The average molecular weight is 385 g/mol. The Bertz CT molecular complexity index is 1090. The van der Waals surface area contributed by atoms with E-state index in [4.69, 9.17) is 4.74 Å². The molecule has 0 spiro atoms. The maximum Gasteiger partial charge on any atom is 0.260 e. The fourth-order valence-electron chi connectivity index (χ4n) is 3.03. The van der Waals surface area contributed by atoms with E-state index in [-0.39, 0.29) is 5.91 Å². The monoisotopic (exact) mass is 385 g/mol. The van der Waals surface area contributed by atoms with Gasteiger partial charge >= 0.3 is 0 Å². The summed E-state index contributed by atoms with van der Waals surface area (Å²) in [6, 6.07) is 18.5. The highest BCUT2D eigenvalue weighted by atomic mass is 16.5. The van der Waals surface area contributed by atoms with E-state index in [1.807, 2.05) is 61.5 Å². The smallest absolute Gasteiger partial charge is 0.260 e. The molecule has 144 valence electrons. The van der Waals surface area contributed by atoms with E-state index in [0.29, 0.717) is 23.3 Å². The number of rotatable bonds is 5. The van der Waals surface area contributed by atoms with E-state index < -0.39 is 5.91 Å². The molecule has 0 radical (unpaired) electrons. The van der Waals surface area contributed by atoms with Gasteiger partial charge in [0, 0.05) is 29.2 Å². The Kier molecular flexibility index (Phi) is 5.07. The van der Waals surface area contributed by atoms with Gasteiger partial charge in [-0.15, -0.1) is 0 Å². The largest absolute Gasteiger partial charge is 0.487 e. The summed E-state index contributed by atoms with van der Waals surface area (Å²) >= 11 is 0. The van der Waals surface area contributed by atoms with Gasteiger partial charge in [0.25, 0.3) is 11.8 Å². The van der Waals surface area contributed by atoms with Crippen LogP contribution in [0.15, 0.2) is 73.1 Å². The highest BCUT2D eigenvalue weighted by Gasteiger charge is 2.27. The van der Waals surface area contributed by atoms with E-state index in [1.165, 1.54) is 0 Å². The Morgan fingerprint density at radius 1 is 1.00 bits per heavy atom. The van der Waals surface area contributed by atoms with Crippen LogP contribution in [0.1, 0.15) is 27.2 Å². The second kappa shape index (κ2) is 7.98. The summed E-state index contributed by atoms with van der Waals surface area (Å²) in [5.74, 6) is -0.0803. The second-order valence-corrected chi connectivity index (χ2v) is 6.67. The summed E-state index contributed by atoms with van der Waals surface area (Å²) in [6.07, 6.45) is 3.34. The molecule has 0 fully saturated rings. The van der Waals surface area contributed by atoms with Gasteiger partial charge in [-0.3, -0.25) is 19.9 Å². The molecule has 6 heteroatoms. The summed E-state index contributed by atoms with van der Waals surface area (Å²) in [5, 5.41) is 5.49. The van der Waals surface area contributed by atoms with Crippen LogP contribution in [-0.4, -0.2) is 16.8 Å². The van der Waals surface area contributed by atoms with E-state index >= 15 is 0 Å². The lowest BCUT2D eigenvalue weighted by molar-refractivity contribution is -0.114. The zero-order chi connectivity index (χ0) is 20.2. The maximum absolute atomic E-state index is 12.3. The molecule has 0 atom stereocenters. The number of hydrogen-bond donors (Lipinski definition) is 2. The van der Waals surface area contributed by atoms with Gasteiger partial charge in [-0.1, -0.05) is 23.8 Å². The van der Waals surface area contributed by atoms with Crippen molar-refractivity contribution in [3.05, 3.63) is 95.4 Å². The van der Waals surface area contributed by atoms with Crippen LogP contribution in [0.4, 0.5) is 5.69 Å². The summed E-state index contributed by atoms with van der Waals surface area (Å²) in [5.41, 5.74) is 4.15. The number of anilines is 1. The quantitative estimate of drug-likeness (QED) is 0.517. The number of benzene rings is 2. The summed E-state index contributed by atoms with van der Waals surface area (Å²) in [4.78, 5) is 28.6. The Hall–Kier alpha value is -3.93. The number of carbonyl (C=O) groups is 2. The van der Waals surface area contributed by atoms with E-state index in [1.54, 1.807) is 18.5 Å². The van der Waals surface area contributed by atoms with Gasteiger partial charge in [0.1, 0.15) is 12.4 Å². The molecule has 2 heterocycles. The van der Waals surface area contributed by atoms with E-state index in [2.05, 4.69) is 15.6 Å². The minimum Gasteiger partial charge on any atom is -0.487 e. The van der Waals surface area contributed by atoms with Crippen molar-refractivity contribution in [3.63, 3.8) is 0 Å². The van der Waals surface area contributed by atoms with Crippen LogP contribution in [-0.2, 0) is 11.4 Å². The Labute approximate surface area is 168 Å². The summed E-state index contributed by atoms with van der Waals surface area (Å²) in [7, 11) is 0. The van der Waals surface area contributed by atoms with Crippen molar-refractivity contribution < 1.29 is 14.3 Å². The zero-order valence-corrected chi connectivity index (χ0v) is 15.8. The molecule has 0 aliphatic carbocycles. The fourth-order valence-corrected chi connectivity index (χ4v) is 3.03. The normalized spacial score (nSPS) is 14.3. The van der Waals surface area contributed by atoms with Crippen molar-refractivity contribution in [2.24, 2.45) is 0 Å². The molecule has 1 aromatic heterocycles. The highest BCUT2D eigenvalue weighted by molar-refractivity contribution is 6.31. The molecule has 1 aliphatic heterocycles. The minimum absolute atomic E-state index is 0.378. The number of pyridine rings is 1. The Morgan fingerprint density at radius 2 is 1.83 bits per heavy atom. The third kappa shape index (κ3) is 4.16. The van der Waals surface area contributed by atoms with Crippen molar-refractivity contribution in [2.45, 2.75) is 13.5 Å². The number of amides is 2. The van der Waals surface area contributed by atoms with Crippen molar-refractivity contribution in [1.29, 1.82) is 0 Å². The molecule has 0 saturated carbocycles. The molecule has 29 heavy (non-hydrogen) atoms. The highest BCUT2D eigenvalue weighted by Crippen LogP contribution is 2.26. The fraction of sp³-hybridized carbons (Fsp3) is 0.0870. The first kappa shape index (κ1) is 18.4. The lowest BCUT2D eigenvalue weighted by atomic mass is 9.94. The molecule has 0 saturated heterocycles. The number of nitrogens with zero attached hydrogens (tertiary/aromatic N) is 1. The van der Waals surface area contributed by atoms with Gasteiger partial charge in [-0.05, 0) is 49.4 Å². The van der Waals surface area contributed by atoms with Crippen molar-refractivity contribution in [3.8, 4) is 5.75 Å². The first-order valence-electron chi connectivity index (χ1n) is 9.16. The van der Waals surface area contributed by atoms with Crippen LogP contribution in [0.5, 0.6) is 5.75 Å². The van der Waals surface area contributed by atoms with Crippen LogP contribution in [0, 0.1) is 6.92 Å². The number of aryl methyl sites for hydroxylation is 1. The third-order valence-electron chi connectivity index (χ3n) is 4.53. The topological polar surface area (TPSA) is 80.3 Å². The van der Waals surface area contributed by atoms with Gasteiger partial charge in [0.2, 0.25) is 0 Å². The molecule has 2 aromatic carbocycles. The molecule has 2 N–H and O–H groups in total. The van der Waals surface area contributed by atoms with E-state index in [9.17, 15) is 9.59 Å². The van der Waals surface area contributed by atoms with Gasteiger partial charge in [0.15, 0.2) is 0 Å². The number of nitrogens with one attached hydrogen (secondary N) is 2. The molecule has 1 aliphatic rings. The zero-order valence-electron chi connectivity index (χ0n) is 15.8. The lowest BCUT2D eigenvalue weighted by Crippen LogP contribution is -2.36. The molecule has 0 bridgehead atoms. The maximum atomic E-state index is 12.3. The molecule has 3 aromatic rings. The second-order valence-electron chi connectivity index (χ2n) is 6.67. The number of carbonyl (C=O) groups excluding carboxylic acids is 2. The van der Waals surface area contributed by atoms with Crippen LogP contribution in [0.3, 0.4) is 0 Å². The number of hydrogen-bond acceptors (Lipinski definition) is 5. The van der Waals surface area contributed by atoms with Gasteiger partial charge in [0.05, 0.1) is 11.3 Å². The number of aromatic nitrogens is 1. The van der Waals surface area contributed by atoms with Crippen molar-refractivity contribution in [1.82, 2.24) is 10.3 Å². The average Bonchev–Trinajstić information content (AvgIpc) is 2.73. The molecule has 0 unspecified atom stereocenters. The molecule has 2 amide bonds. The third-order valence-corrected chi connectivity index (χ3v) is 4.53. The molecule has 6 nitrogen and oxygen atoms in total. The summed E-state index contributed by atoms with van der Waals surface area (Å²) in [6.45, 7) is 2.31. The minimum atomic E-state index is -0.420. The predicted molar refractivity (Wildman–Crippen MR) is 110 cm³/mol. The lowest BCUT2D eigenvalue weighted by Gasteiger charge is -2.19. The van der Waals surface area contributed by atoms with Gasteiger partial charge in [-0.2, -0.15) is 0 Å². The summed E-state index contributed by atoms with van der Waals surface area (Å²) < 4.78 is 5.72. The first-order chi connectivity index (χ1) is 14.1. The number of ether oxygens (including phenoxy) is 1. The Balaban J connectivity index is 1.48. The van der Waals surface area contributed by atoms with E-state index in [0.717, 1.165) is 22.7 Å². The molecule has 4 rings (SSSR count). The predicted octanol–water partition coefficient (Wildman–Crippen LogP) is 3.69. The molecular weight excluding hydrogens is 366 g/mol. The van der Waals surface area contributed by atoms with Crippen molar-refractivity contribution >= 4 is 23.1 Å². The number of fused-ring (bicyclic) bond motifs is 1. The first-order valence-corrected chi connectivity index (χ1v) is 9.16.